The molecule has 0 saturated heterocycles. The monoisotopic (exact) mass is 435 g/mol. The number of aryl methyl sites for hydroxylation is 2. The van der Waals surface area contributed by atoms with Gasteiger partial charge in [0.05, 0.1) is 11.4 Å². The van der Waals surface area contributed by atoms with Crippen LogP contribution < -0.4 is 5.32 Å². The number of hydrogen-bond donors (Lipinski definition) is 1. The van der Waals surface area contributed by atoms with Crippen LogP contribution in [0, 0.1) is 19.8 Å². The Kier molecular flexibility index (Phi) is 6.70. The van der Waals surface area contributed by atoms with Crippen LogP contribution in [0.25, 0.3) is 17.1 Å². The van der Waals surface area contributed by atoms with E-state index >= 15 is 0 Å². The van der Waals surface area contributed by atoms with E-state index in [1.165, 1.54) is 42.2 Å². The van der Waals surface area contributed by atoms with Crippen molar-refractivity contribution < 1.29 is 4.79 Å². The van der Waals surface area contributed by atoms with Gasteiger partial charge in [-0.05, 0) is 68.0 Å². The first-order valence-electron chi connectivity index (χ1n) is 10.9. The molecule has 2 heterocycles. The second-order valence-electron chi connectivity index (χ2n) is 8.37. The molecule has 1 fully saturated rings. The summed E-state index contributed by atoms with van der Waals surface area (Å²) >= 11 is 1.43. The number of pyridine rings is 1. The summed E-state index contributed by atoms with van der Waals surface area (Å²) in [4.78, 5) is 16.8. The first-order chi connectivity index (χ1) is 15.0. The number of rotatable bonds is 6. The number of aromatic nitrogens is 4. The lowest BCUT2D eigenvalue weighted by molar-refractivity contribution is -0.119. The van der Waals surface area contributed by atoms with Gasteiger partial charge >= 0.3 is 0 Å². The van der Waals surface area contributed by atoms with E-state index in [4.69, 9.17) is 0 Å². The number of amides is 1. The van der Waals surface area contributed by atoms with E-state index in [0.717, 1.165) is 23.5 Å². The summed E-state index contributed by atoms with van der Waals surface area (Å²) in [5.41, 5.74) is 4.36. The highest BCUT2D eigenvalue weighted by Crippen LogP contribution is 2.29. The summed E-state index contributed by atoms with van der Waals surface area (Å²) in [5.74, 6) is 1.67. The Morgan fingerprint density at radius 3 is 2.61 bits per heavy atom. The van der Waals surface area contributed by atoms with Gasteiger partial charge in [0.1, 0.15) is 0 Å². The van der Waals surface area contributed by atoms with Gasteiger partial charge in [0.15, 0.2) is 11.0 Å². The Morgan fingerprint density at radius 1 is 1.10 bits per heavy atom. The summed E-state index contributed by atoms with van der Waals surface area (Å²) in [6.45, 7) is 6.43. The van der Waals surface area contributed by atoms with Crippen molar-refractivity contribution in [2.24, 2.45) is 5.92 Å². The quantitative estimate of drug-likeness (QED) is 0.567. The standard InChI is InChI=1S/C24H29N5OS/c1-16-8-9-20(14-18(16)3)29-23(19-10-12-25-13-11-19)27-28-24(29)31-15-22(30)26-21-7-5-4-6-17(21)2/h8-14,17,21H,4-7,15H2,1-3H3,(H,26,30). The third-order valence-corrected chi connectivity index (χ3v) is 7.04. The Bertz CT molecular complexity index is 1050. The number of nitrogens with one attached hydrogen (secondary N) is 1. The topological polar surface area (TPSA) is 72.7 Å². The second kappa shape index (κ2) is 9.64. The van der Waals surface area contributed by atoms with E-state index in [1.807, 2.05) is 16.7 Å². The van der Waals surface area contributed by atoms with Crippen LogP contribution in [0.3, 0.4) is 0 Å². The van der Waals surface area contributed by atoms with Crippen molar-refractivity contribution in [2.75, 3.05) is 5.75 Å². The molecule has 0 bridgehead atoms. The van der Waals surface area contributed by atoms with Crippen molar-refractivity contribution in [1.29, 1.82) is 0 Å². The number of hydrogen-bond acceptors (Lipinski definition) is 5. The summed E-state index contributed by atoms with van der Waals surface area (Å²) in [6, 6.07) is 10.4. The minimum atomic E-state index is 0.0591. The molecular weight excluding hydrogens is 406 g/mol. The van der Waals surface area contributed by atoms with Crippen molar-refractivity contribution >= 4 is 17.7 Å². The lowest BCUT2D eigenvalue weighted by Gasteiger charge is -2.29. The number of benzene rings is 1. The zero-order valence-electron chi connectivity index (χ0n) is 18.3. The third-order valence-electron chi connectivity index (χ3n) is 6.11. The molecule has 1 aliphatic carbocycles. The summed E-state index contributed by atoms with van der Waals surface area (Å²) < 4.78 is 2.03. The molecule has 0 spiro atoms. The Hall–Kier alpha value is -2.67. The van der Waals surface area contributed by atoms with Gasteiger partial charge in [-0.2, -0.15) is 0 Å². The average Bonchev–Trinajstić information content (AvgIpc) is 3.20. The molecule has 6 nitrogen and oxygen atoms in total. The zero-order valence-corrected chi connectivity index (χ0v) is 19.2. The van der Waals surface area contributed by atoms with Gasteiger partial charge in [0, 0.05) is 24.0 Å². The molecule has 4 rings (SSSR count). The van der Waals surface area contributed by atoms with E-state index in [-0.39, 0.29) is 11.9 Å². The lowest BCUT2D eigenvalue weighted by Crippen LogP contribution is -2.41. The van der Waals surface area contributed by atoms with E-state index in [0.29, 0.717) is 16.8 Å². The van der Waals surface area contributed by atoms with E-state index in [1.54, 1.807) is 12.4 Å². The minimum absolute atomic E-state index is 0.0591. The maximum Gasteiger partial charge on any atom is 0.230 e. The molecule has 0 aliphatic heterocycles. The largest absolute Gasteiger partial charge is 0.352 e. The van der Waals surface area contributed by atoms with E-state index in [9.17, 15) is 4.79 Å². The number of carbonyl (C=O) groups excluding carboxylic acids is 1. The fourth-order valence-corrected chi connectivity index (χ4v) is 4.82. The third kappa shape index (κ3) is 4.98. The number of thioether (sulfide) groups is 1. The second-order valence-corrected chi connectivity index (χ2v) is 9.31. The van der Waals surface area contributed by atoms with Crippen molar-refractivity contribution in [2.45, 2.75) is 57.7 Å². The molecule has 2 unspecified atom stereocenters. The summed E-state index contributed by atoms with van der Waals surface area (Å²) in [6.07, 6.45) is 8.22. The van der Waals surface area contributed by atoms with Crippen LogP contribution in [0.4, 0.5) is 0 Å². The highest BCUT2D eigenvalue weighted by molar-refractivity contribution is 7.99. The molecule has 0 radical (unpaired) electrons. The normalized spacial score (nSPS) is 18.7. The smallest absolute Gasteiger partial charge is 0.230 e. The zero-order chi connectivity index (χ0) is 21.8. The van der Waals surface area contributed by atoms with Crippen molar-refractivity contribution in [3.8, 4) is 17.1 Å². The van der Waals surface area contributed by atoms with Gasteiger partial charge in [0.2, 0.25) is 5.91 Å². The molecule has 1 N–H and O–H groups in total. The summed E-state index contributed by atoms with van der Waals surface area (Å²) in [7, 11) is 0. The molecule has 1 aromatic carbocycles. The van der Waals surface area contributed by atoms with Crippen LogP contribution >= 0.6 is 11.8 Å². The van der Waals surface area contributed by atoms with Gasteiger partial charge in [-0.1, -0.05) is 37.6 Å². The lowest BCUT2D eigenvalue weighted by atomic mass is 9.86. The highest BCUT2D eigenvalue weighted by atomic mass is 32.2. The Morgan fingerprint density at radius 2 is 1.87 bits per heavy atom. The van der Waals surface area contributed by atoms with Gasteiger partial charge in [-0.15, -0.1) is 10.2 Å². The highest BCUT2D eigenvalue weighted by Gasteiger charge is 2.23. The summed E-state index contributed by atoms with van der Waals surface area (Å²) in [5, 5.41) is 12.8. The number of nitrogens with zero attached hydrogens (tertiary/aromatic N) is 4. The predicted molar refractivity (Wildman–Crippen MR) is 124 cm³/mol. The SMILES string of the molecule is Cc1ccc(-n2c(SCC(=O)NC3CCCCC3C)nnc2-c2ccncc2)cc1C. The van der Waals surface area contributed by atoms with E-state index < -0.39 is 0 Å². The fourth-order valence-electron chi connectivity index (χ4n) is 4.06. The first-order valence-corrected chi connectivity index (χ1v) is 11.9. The molecule has 1 aliphatic rings. The average molecular weight is 436 g/mol. The van der Waals surface area contributed by atoms with Gasteiger partial charge in [-0.25, -0.2) is 0 Å². The molecule has 7 heteroatoms. The molecule has 3 aromatic rings. The fraction of sp³-hybridized carbons (Fsp3) is 0.417. The molecule has 31 heavy (non-hydrogen) atoms. The predicted octanol–water partition coefficient (Wildman–Crippen LogP) is 4.73. The Balaban J connectivity index is 1.58. The van der Waals surface area contributed by atoms with Crippen molar-refractivity contribution in [3.05, 3.63) is 53.9 Å². The van der Waals surface area contributed by atoms with Crippen LogP contribution in [-0.4, -0.2) is 37.5 Å². The van der Waals surface area contributed by atoms with Crippen LogP contribution in [0.15, 0.2) is 47.9 Å². The number of carbonyl (C=O) groups is 1. The maximum atomic E-state index is 12.7. The van der Waals surface area contributed by atoms with Crippen LogP contribution in [-0.2, 0) is 4.79 Å². The molecule has 1 saturated carbocycles. The maximum absolute atomic E-state index is 12.7. The minimum Gasteiger partial charge on any atom is -0.352 e. The molecular formula is C24H29N5OS. The van der Waals surface area contributed by atoms with Crippen LogP contribution in [0.1, 0.15) is 43.7 Å². The van der Waals surface area contributed by atoms with E-state index in [2.05, 4.69) is 59.5 Å². The molecule has 2 atom stereocenters. The van der Waals surface area contributed by atoms with Gasteiger partial charge in [-0.3, -0.25) is 14.3 Å². The van der Waals surface area contributed by atoms with Gasteiger partial charge in [0.25, 0.3) is 0 Å². The first kappa shape index (κ1) is 21.6. The van der Waals surface area contributed by atoms with Crippen LogP contribution in [0.2, 0.25) is 0 Å². The van der Waals surface area contributed by atoms with Crippen LogP contribution in [0.5, 0.6) is 0 Å². The molecule has 1 amide bonds. The van der Waals surface area contributed by atoms with Crippen molar-refractivity contribution in [1.82, 2.24) is 25.1 Å². The molecule has 162 valence electrons. The van der Waals surface area contributed by atoms with Gasteiger partial charge < -0.3 is 5.32 Å². The Labute approximate surface area is 187 Å². The molecule has 2 aromatic heterocycles. The van der Waals surface area contributed by atoms with Crippen molar-refractivity contribution in [3.63, 3.8) is 0 Å².